The smallest absolute Gasteiger partial charge is 0.237 e. The van der Waals surface area contributed by atoms with Crippen LogP contribution < -0.4 is 0 Å². The van der Waals surface area contributed by atoms with Gasteiger partial charge in [0, 0.05) is 58.6 Å². The Morgan fingerprint density at radius 1 is 0.333 bits per heavy atom. The SMILES string of the molecule is [C-]#[N+]c1c(-n2c3ccccc3c3ccccc32)c(C#N)c(-n2c3ccccc3c3ccccc32)c(-n2c3cc(-c4ccccc4-c4ccccc4)ccc3c3ccc4c5ccccc5sc4c32)c1-n1c2ccccc2c2ccccc21. The molecule has 0 fully saturated rings. The van der Waals surface area contributed by atoms with Crippen molar-refractivity contribution in [2.24, 2.45) is 0 Å². The second-order valence-electron chi connectivity index (χ2n) is 20.9. The molecular formula is C74H42N6S. The van der Waals surface area contributed by atoms with Gasteiger partial charge in [0.2, 0.25) is 5.69 Å². The molecule has 0 aliphatic heterocycles. The van der Waals surface area contributed by atoms with Gasteiger partial charge in [0.15, 0.2) is 0 Å². The van der Waals surface area contributed by atoms with E-state index in [2.05, 4.69) is 279 Å². The van der Waals surface area contributed by atoms with Crippen LogP contribution in [0.4, 0.5) is 5.69 Å². The molecule has 5 aromatic heterocycles. The number of hydrogen-bond donors (Lipinski definition) is 0. The minimum absolute atomic E-state index is 0.355. The summed E-state index contributed by atoms with van der Waals surface area (Å²) in [5, 5.41) is 23.5. The summed E-state index contributed by atoms with van der Waals surface area (Å²) in [6.45, 7) is 9.92. The molecule has 12 aromatic carbocycles. The number of benzene rings is 12. The van der Waals surface area contributed by atoms with E-state index in [4.69, 9.17) is 4.85 Å². The molecule has 0 spiro atoms. The quantitative estimate of drug-likeness (QED) is 0.153. The van der Waals surface area contributed by atoms with E-state index >= 15 is 0 Å². The zero-order valence-electron chi connectivity index (χ0n) is 43.3. The Bertz CT molecular complexity index is 5320. The van der Waals surface area contributed by atoms with E-state index in [0.29, 0.717) is 28.3 Å². The molecule has 0 aliphatic rings. The zero-order valence-corrected chi connectivity index (χ0v) is 44.2. The highest BCUT2D eigenvalue weighted by molar-refractivity contribution is 7.26. The number of thiophene rings is 1. The summed E-state index contributed by atoms with van der Waals surface area (Å²) in [5.41, 5.74) is 15.2. The fraction of sp³-hybridized carbons (Fsp3) is 0. The first kappa shape index (κ1) is 45.1. The van der Waals surface area contributed by atoms with Crippen molar-refractivity contribution >= 4 is 124 Å². The average molecular weight is 1050 g/mol. The molecule has 7 heteroatoms. The van der Waals surface area contributed by atoms with Crippen LogP contribution in [0.1, 0.15) is 5.56 Å². The average Bonchev–Trinajstić information content (AvgIpc) is 2.66. The van der Waals surface area contributed by atoms with Crippen molar-refractivity contribution in [2.45, 2.75) is 0 Å². The molecule has 0 saturated carbocycles. The van der Waals surface area contributed by atoms with Gasteiger partial charge >= 0.3 is 0 Å². The lowest BCUT2D eigenvalue weighted by Gasteiger charge is -2.27. The summed E-state index contributed by atoms with van der Waals surface area (Å²) in [4.78, 5) is 4.84. The third-order valence-electron chi connectivity index (χ3n) is 16.8. The van der Waals surface area contributed by atoms with E-state index in [0.717, 1.165) is 125 Å². The van der Waals surface area contributed by atoms with E-state index in [9.17, 15) is 11.8 Å². The zero-order chi connectivity index (χ0) is 53.4. The maximum atomic E-state index is 12.7. The van der Waals surface area contributed by atoms with Crippen LogP contribution in [0, 0.1) is 17.9 Å². The minimum Gasteiger partial charge on any atom is -0.318 e. The first-order valence-electron chi connectivity index (χ1n) is 27.2. The Morgan fingerprint density at radius 3 is 1.26 bits per heavy atom. The molecule has 0 aliphatic carbocycles. The van der Waals surface area contributed by atoms with Crippen molar-refractivity contribution in [3.05, 3.63) is 272 Å². The largest absolute Gasteiger partial charge is 0.318 e. The van der Waals surface area contributed by atoms with Gasteiger partial charge in [0.05, 0.1) is 83.7 Å². The van der Waals surface area contributed by atoms with Crippen molar-refractivity contribution in [3.63, 3.8) is 0 Å². The fourth-order valence-corrected chi connectivity index (χ4v) is 14.8. The lowest BCUT2D eigenvalue weighted by atomic mass is 9.94. The van der Waals surface area contributed by atoms with E-state index in [-0.39, 0.29) is 0 Å². The third kappa shape index (κ3) is 6.24. The van der Waals surface area contributed by atoms with E-state index in [1.54, 1.807) is 11.3 Å². The Morgan fingerprint density at radius 2 is 0.741 bits per heavy atom. The summed E-state index contributed by atoms with van der Waals surface area (Å²) in [6.07, 6.45) is 0. The van der Waals surface area contributed by atoms with Gasteiger partial charge in [-0.15, -0.1) is 11.3 Å². The van der Waals surface area contributed by atoms with Gasteiger partial charge in [-0.25, -0.2) is 4.85 Å². The maximum Gasteiger partial charge on any atom is 0.237 e. The van der Waals surface area contributed by atoms with Gasteiger partial charge in [-0.05, 0) is 70.8 Å². The Balaban J connectivity index is 1.19. The number of para-hydroxylation sites is 6. The molecule has 17 rings (SSSR count). The Hall–Kier alpha value is -11.0. The molecule has 81 heavy (non-hydrogen) atoms. The number of rotatable bonds is 6. The predicted octanol–water partition coefficient (Wildman–Crippen LogP) is 20.2. The topological polar surface area (TPSA) is 47.9 Å². The molecule has 0 N–H and O–H groups in total. The number of nitrogens with zero attached hydrogens (tertiary/aromatic N) is 6. The van der Waals surface area contributed by atoms with Crippen LogP contribution >= 0.6 is 11.3 Å². The van der Waals surface area contributed by atoms with Gasteiger partial charge in [-0.2, -0.15) is 5.26 Å². The van der Waals surface area contributed by atoms with Gasteiger partial charge in [0.25, 0.3) is 0 Å². The van der Waals surface area contributed by atoms with Crippen molar-refractivity contribution < 1.29 is 0 Å². The van der Waals surface area contributed by atoms with Crippen molar-refractivity contribution in [2.75, 3.05) is 0 Å². The van der Waals surface area contributed by atoms with Crippen LogP contribution in [0.2, 0.25) is 0 Å². The molecular weight excluding hydrogens is 1000 g/mol. The minimum atomic E-state index is 0.355. The van der Waals surface area contributed by atoms with E-state index in [1.165, 1.54) is 10.1 Å². The van der Waals surface area contributed by atoms with Crippen molar-refractivity contribution in [1.82, 2.24) is 18.3 Å². The Labute approximate surface area is 468 Å². The Kier molecular flexibility index (Phi) is 9.62. The van der Waals surface area contributed by atoms with Crippen LogP contribution in [0.15, 0.2) is 255 Å². The predicted molar refractivity (Wildman–Crippen MR) is 339 cm³/mol. The highest BCUT2D eigenvalue weighted by Gasteiger charge is 2.35. The molecule has 0 unspecified atom stereocenters. The molecule has 17 aromatic rings. The molecule has 0 atom stereocenters. The van der Waals surface area contributed by atoms with Crippen molar-refractivity contribution in [3.8, 4) is 51.1 Å². The molecule has 6 nitrogen and oxygen atoms in total. The van der Waals surface area contributed by atoms with Crippen LogP contribution in [0.25, 0.3) is 157 Å². The molecule has 5 heterocycles. The summed E-state index contributed by atoms with van der Waals surface area (Å²) < 4.78 is 11.6. The molecule has 0 amide bonds. The third-order valence-corrected chi connectivity index (χ3v) is 18.0. The van der Waals surface area contributed by atoms with Gasteiger partial charge < -0.3 is 18.3 Å². The first-order valence-corrected chi connectivity index (χ1v) is 28.0. The molecule has 0 saturated heterocycles. The monoisotopic (exact) mass is 1050 g/mol. The summed E-state index contributed by atoms with van der Waals surface area (Å²) >= 11 is 1.79. The normalized spacial score (nSPS) is 11.9. The second-order valence-corrected chi connectivity index (χ2v) is 21.9. The van der Waals surface area contributed by atoms with E-state index in [1.807, 2.05) is 0 Å². The van der Waals surface area contributed by atoms with Gasteiger partial charge in [-0.3, -0.25) is 0 Å². The highest BCUT2D eigenvalue weighted by atomic mass is 32.1. The second kappa shape index (κ2) is 17.3. The maximum absolute atomic E-state index is 12.7. The van der Waals surface area contributed by atoms with Crippen molar-refractivity contribution in [1.29, 1.82) is 5.26 Å². The molecule has 0 bridgehead atoms. The van der Waals surface area contributed by atoms with E-state index < -0.39 is 0 Å². The summed E-state index contributed by atoms with van der Waals surface area (Å²) in [6, 6.07) is 93.4. The van der Waals surface area contributed by atoms with Crippen LogP contribution in [0.5, 0.6) is 0 Å². The first-order chi connectivity index (χ1) is 40.2. The van der Waals surface area contributed by atoms with Crippen LogP contribution in [-0.2, 0) is 0 Å². The van der Waals surface area contributed by atoms with Crippen LogP contribution in [0.3, 0.4) is 0 Å². The summed E-state index contributed by atoms with van der Waals surface area (Å²) in [5.74, 6) is 0. The summed E-state index contributed by atoms with van der Waals surface area (Å²) in [7, 11) is 0. The number of hydrogen-bond acceptors (Lipinski definition) is 2. The number of aromatic nitrogens is 4. The number of fused-ring (bicyclic) bond motifs is 16. The standard InChI is InChI=1S/C74H42N6S/c1-76-68-69(77-60-32-14-7-25-49(60)50-26-8-15-33-61(50)77)59(44-75)70(78-62-34-16-9-27-51(62)52-28-10-17-35-63(52)78)73(72(68)79-64-36-18-11-29-53(64)54-30-12-19-37-65(54)79)80-66-43-46(48-24-6-5-23-47(48)45-21-3-2-4-22-45)39-40-55(66)57-41-42-58-56-31-13-20-38-67(56)81-74(58)71(57)80/h2-43H. The highest BCUT2D eigenvalue weighted by Crippen LogP contribution is 2.53. The molecule has 0 radical (unpaired) electrons. The van der Waals surface area contributed by atoms with Crippen LogP contribution in [-0.4, -0.2) is 18.3 Å². The van der Waals surface area contributed by atoms with Gasteiger partial charge in [-0.1, -0.05) is 206 Å². The lowest BCUT2D eigenvalue weighted by Crippen LogP contribution is -2.14. The molecule has 374 valence electrons. The fourth-order valence-electron chi connectivity index (χ4n) is 13.5. The number of nitriles is 1. The van der Waals surface area contributed by atoms with Gasteiger partial charge in [0.1, 0.15) is 6.07 Å². The lowest BCUT2D eigenvalue weighted by molar-refractivity contribution is 1.04.